The summed E-state index contributed by atoms with van der Waals surface area (Å²) in [5.41, 5.74) is 11.7. The fourth-order valence-corrected chi connectivity index (χ4v) is 3.86. The second-order valence-electron chi connectivity index (χ2n) is 6.78. The van der Waals surface area contributed by atoms with E-state index in [1.165, 1.54) is 23.3 Å². The normalized spacial score (nSPS) is 12.7. The van der Waals surface area contributed by atoms with Crippen LogP contribution in [0.4, 0.5) is 4.39 Å². The van der Waals surface area contributed by atoms with Crippen LogP contribution >= 0.6 is 15.9 Å². The molecule has 0 spiro atoms. The van der Waals surface area contributed by atoms with Crippen LogP contribution in [0, 0.1) is 5.82 Å². The van der Waals surface area contributed by atoms with Gasteiger partial charge in [0, 0.05) is 16.1 Å². The molecule has 0 saturated carbocycles. The summed E-state index contributed by atoms with van der Waals surface area (Å²) in [6, 6.07) is 8.98. The first kappa shape index (κ1) is 19.1. The van der Waals surface area contributed by atoms with Crippen molar-refractivity contribution in [2.45, 2.75) is 52.0 Å². The molecule has 1 atom stereocenters. The zero-order valence-corrected chi connectivity index (χ0v) is 16.9. The van der Waals surface area contributed by atoms with Gasteiger partial charge in [-0.3, -0.25) is 0 Å². The van der Waals surface area contributed by atoms with Crippen molar-refractivity contribution in [3.8, 4) is 11.4 Å². The van der Waals surface area contributed by atoms with Crippen LogP contribution in [0.3, 0.4) is 0 Å². The minimum absolute atomic E-state index is 0.0361. The van der Waals surface area contributed by atoms with E-state index in [0.717, 1.165) is 54.5 Å². The number of aryl methyl sites for hydroxylation is 1. The fraction of sp³-hybridized carbons (Fsp3) is 0.381. The van der Waals surface area contributed by atoms with Gasteiger partial charge in [0.25, 0.3) is 0 Å². The van der Waals surface area contributed by atoms with E-state index in [-0.39, 0.29) is 11.9 Å². The number of benzene rings is 2. The Hall–Kier alpha value is -1.72. The number of H-pyrrole nitrogens is 1. The molecule has 0 aliphatic rings. The Labute approximate surface area is 162 Å². The number of fused-ring (bicyclic) bond motifs is 1. The number of hydrogen-bond acceptors (Lipinski definition) is 2. The Morgan fingerprint density at radius 1 is 1.19 bits per heavy atom. The monoisotopic (exact) mass is 417 g/mol. The maximum Gasteiger partial charge on any atom is 0.139 e. The summed E-state index contributed by atoms with van der Waals surface area (Å²) in [7, 11) is 0. The third-order valence-corrected chi connectivity index (χ3v) is 5.38. The maximum absolute atomic E-state index is 13.4. The molecule has 3 N–H and O–H groups in total. The van der Waals surface area contributed by atoms with Gasteiger partial charge in [-0.05, 0) is 76.7 Å². The van der Waals surface area contributed by atoms with Crippen LogP contribution in [-0.2, 0) is 6.42 Å². The van der Waals surface area contributed by atoms with Crippen LogP contribution in [0.2, 0.25) is 0 Å². The number of nitrogens with one attached hydrogen (secondary N) is 1. The van der Waals surface area contributed by atoms with Gasteiger partial charge in [-0.1, -0.05) is 26.7 Å². The summed E-state index contributed by atoms with van der Waals surface area (Å²) >= 11 is 3.43. The zero-order valence-electron chi connectivity index (χ0n) is 15.3. The summed E-state index contributed by atoms with van der Waals surface area (Å²) in [6.07, 6.45) is 5.33. The topological polar surface area (TPSA) is 54.7 Å². The predicted molar refractivity (Wildman–Crippen MR) is 110 cm³/mol. The van der Waals surface area contributed by atoms with Gasteiger partial charge in [0.05, 0.1) is 11.0 Å². The van der Waals surface area contributed by atoms with E-state index in [9.17, 15) is 4.39 Å². The first-order valence-corrected chi connectivity index (χ1v) is 10.1. The van der Waals surface area contributed by atoms with Gasteiger partial charge in [-0.2, -0.15) is 0 Å². The van der Waals surface area contributed by atoms with Crippen molar-refractivity contribution in [1.82, 2.24) is 9.97 Å². The van der Waals surface area contributed by atoms with E-state index < -0.39 is 0 Å². The Bertz CT molecular complexity index is 904. The van der Waals surface area contributed by atoms with Crippen molar-refractivity contribution >= 4 is 27.0 Å². The van der Waals surface area contributed by atoms with E-state index in [1.54, 1.807) is 6.07 Å². The number of rotatable bonds is 7. The van der Waals surface area contributed by atoms with Crippen molar-refractivity contribution in [3.05, 3.63) is 51.7 Å². The minimum Gasteiger partial charge on any atom is -0.338 e. The number of unbranched alkanes of at least 4 members (excludes halogenated alkanes) is 1. The molecule has 0 saturated heterocycles. The van der Waals surface area contributed by atoms with E-state index in [2.05, 4.69) is 46.9 Å². The highest BCUT2D eigenvalue weighted by Gasteiger charge is 2.15. The predicted octanol–water partition coefficient (Wildman–Crippen LogP) is 6.27. The van der Waals surface area contributed by atoms with Crippen LogP contribution in [0.25, 0.3) is 22.4 Å². The van der Waals surface area contributed by atoms with E-state index in [1.807, 2.05) is 0 Å². The molecule has 5 heteroatoms. The molecule has 3 aromatic rings. The molecule has 0 amide bonds. The van der Waals surface area contributed by atoms with Crippen molar-refractivity contribution in [2.75, 3.05) is 0 Å². The highest BCUT2D eigenvalue weighted by Crippen LogP contribution is 2.31. The molecule has 138 valence electrons. The molecule has 3 nitrogen and oxygen atoms in total. The first-order chi connectivity index (χ1) is 12.5. The molecule has 26 heavy (non-hydrogen) atoms. The minimum atomic E-state index is -0.272. The summed E-state index contributed by atoms with van der Waals surface area (Å²) in [5, 5.41) is 0. The van der Waals surface area contributed by atoms with E-state index in [4.69, 9.17) is 10.7 Å². The SMILES string of the molecule is CCCCc1cc2[nH]c(-c3ccc(F)cc3Br)nc2cc1C(N)CCC. The van der Waals surface area contributed by atoms with E-state index >= 15 is 0 Å². The third kappa shape index (κ3) is 3.99. The molecule has 1 heterocycles. The zero-order chi connectivity index (χ0) is 18.7. The van der Waals surface area contributed by atoms with Crippen LogP contribution in [0.5, 0.6) is 0 Å². The lowest BCUT2D eigenvalue weighted by Gasteiger charge is -2.16. The van der Waals surface area contributed by atoms with Crippen LogP contribution < -0.4 is 5.73 Å². The van der Waals surface area contributed by atoms with Gasteiger partial charge in [0.2, 0.25) is 0 Å². The Balaban J connectivity index is 2.08. The molecule has 0 bridgehead atoms. The van der Waals surface area contributed by atoms with Crippen molar-refractivity contribution < 1.29 is 4.39 Å². The second-order valence-corrected chi connectivity index (χ2v) is 7.63. The standard InChI is InChI=1S/C21H25BrFN3/c1-3-5-7-13-10-19-20(12-16(13)18(24)6-4-2)26-21(25-19)15-9-8-14(23)11-17(15)22/h8-12,18H,3-7,24H2,1-2H3,(H,25,26). The highest BCUT2D eigenvalue weighted by atomic mass is 79.9. The smallest absolute Gasteiger partial charge is 0.139 e. The van der Waals surface area contributed by atoms with Gasteiger partial charge < -0.3 is 10.7 Å². The molecule has 1 aromatic heterocycles. The highest BCUT2D eigenvalue weighted by molar-refractivity contribution is 9.10. The molecular formula is C21H25BrFN3. The van der Waals surface area contributed by atoms with Crippen molar-refractivity contribution in [3.63, 3.8) is 0 Å². The quantitative estimate of drug-likeness (QED) is 0.475. The first-order valence-electron chi connectivity index (χ1n) is 9.27. The van der Waals surface area contributed by atoms with Gasteiger partial charge in [-0.25, -0.2) is 9.37 Å². The Morgan fingerprint density at radius 2 is 2.00 bits per heavy atom. The Kier molecular flexibility index (Phi) is 6.09. The number of halogens is 2. The van der Waals surface area contributed by atoms with Crippen molar-refractivity contribution in [1.29, 1.82) is 0 Å². The maximum atomic E-state index is 13.4. The van der Waals surface area contributed by atoms with Gasteiger partial charge in [-0.15, -0.1) is 0 Å². The molecule has 0 aliphatic heterocycles. The summed E-state index contributed by atoms with van der Waals surface area (Å²) in [6.45, 7) is 4.35. The second kappa shape index (κ2) is 8.31. The van der Waals surface area contributed by atoms with Gasteiger partial charge in [0.15, 0.2) is 0 Å². The molecular weight excluding hydrogens is 393 g/mol. The summed E-state index contributed by atoms with van der Waals surface area (Å²) in [5.74, 6) is 0.459. The molecule has 0 aliphatic carbocycles. The van der Waals surface area contributed by atoms with Crippen LogP contribution in [0.15, 0.2) is 34.8 Å². The molecule has 0 radical (unpaired) electrons. The number of nitrogens with zero attached hydrogens (tertiary/aromatic N) is 1. The van der Waals surface area contributed by atoms with Crippen LogP contribution in [0.1, 0.15) is 56.7 Å². The number of aromatic nitrogens is 2. The summed E-state index contributed by atoms with van der Waals surface area (Å²) < 4.78 is 14.1. The number of imidazole rings is 1. The lowest BCUT2D eigenvalue weighted by Crippen LogP contribution is -2.12. The lowest BCUT2D eigenvalue weighted by atomic mass is 9.94. The average Bonchev–Trinajstić information content (AvgIpc) is 3.01. The molecule has 0 fully saturated rings. The number of hydrogen-bond donors (Lipinski definition) is 2. The summed E-state index contributed by atoms with van der Waals surface area (Å²) in [4.78, 5) is 8.12. The molecule has 1 unspecified atom stereocenters. The van der Waals surface area contributed by atoms with Gasteiger partial charge in [0.1, 0.15) is 11.6 Å². The number of aromatic amines is 1. The van der Waals surface area contributed by atoms with Crippen LogP contribution in [-0.4, -0.2) is 9.97 Å². The van der Waals surface area contributed by atoms with Gasteiger partial charge >= 0.3 is 0 Å². The van der Waals surface area contributed by atoms with Crippen molar-refractivity contribution in [2.24, 2.45) is 5.73 Å². The lowest BCUT2D eigenvalue weighted by molar-refractivity contribution is 0.627. The average molecular weight is 418 g/mol. The number of nitrogens with two attached hydrogens (primary N) is 1. The fourth-order valence-electron chi connectivity index (χ4n) is 3.32. The largest absolute Gasteiger partial charge is 0.338 e. The molecule has 3 rings (SSSR count). The third-order valence-electron chi connectivity index (χ3n) is 4.73. The van der Waals surface area contributed by atoms with E-state index in [0.29, 0.717) is 4.47 Å². The Morgan fingerprint density at radius 3 is 2.69 bits per heavy atom. The molecule has 2 aromatic carbocycles.